The molecule has 1 heterocycles. The lowest BCUT2D eigenvalue weighted by Crippen LogP contribution is -2.47. The summed E-state index contributed by atoms with van der Waals surface area (Å²) in [5.41, 5.74) is 1.000. The molecule has 1 aliphatic rings. The minimum absolute atomic E-state index is 0.174. The molecular formula is C13H18N2OS. The molecule has 4 heteroatoms. The second-order valence-electron chi connectivity index (χ2n) is 4.32. The van der Waals surface area contributed by atoms with Crippen molar-refractivity contribution in [1.29, 1.82) is 0 Å². The molecule has 2 N–H and O–H groups in total. The van der Waals surface area contributed by atoms with Gasteiger partial charge in [-0.3, -0.25) is 0 Å². The standard InChI is InChI=1S/C13H18N2OS/c16-10-12-8-4-5-9-15(12)13(17)14-11-6-2-1-3-7-11/h1-3,6-7,12,16H,4-5,8-10H2,(H,14,17)/t12-/m1/s1. The van der Waals surface area contributed by atoms with Crippen molar-refractivity contribution in [1.82, 2.24) is 4.90 Å². The second-order valence-corrected chi connectivity index (χ2v) is 4.71. The van der Waals surface area contributed by atoms with Gasteiger partial charge < -0.3 is 15.3 Å². The summed E-state index contributed by atoms with van der Waals surface area (Å²) in [5, 5.41) is 13.3. The van der Waals surface area contributed by atoms with Gasteiger partial charge in [-0.2, -0.15) is 0 Å². The van der Waals surface area contributed by atoms with Gasteiger partial charge in [0.2, 0.25) is 0 Å². The van der Waals surface area contributed by atoms with Crippen LogP contribution in [0.3, 0.4) is 0 Å². The van der Waals surface area contributed by atoms with Crippen LogP contribution in [0.25, 0.3) is 0 Å². The van der Waals surface area contributed by atoms with Crippen LogP contribution in [0.5, 0.6) is 0 Å². The highest BCUT2D eigenvalue weighted by molar-refractivity contribution is 7.80. The molecule has 92 valence electrons. The Hall–Kier alpha value is -1.13. The van der Waals surface area contributed by atoms with Crippen molar-refractivity contribution in [2.75, 3.05) is 18.5 Å². The van der Waals surface area contributed by atoms with E-state index in [-0.39, 0.29) is 12.6 Å². The van der Waals surface area contributed by atoms with Crippen LogP contribution >= 0.6 is 12.2 Å². The fourth-order valence-electron chi connectivity index (χ4n) is 2.17. The average molecular weight is 250 g/mol. The van der Waals surface area contributed by atoms with Crippen LogP contribution in [0.1, 0.15) is 19.3 Å². The van der Waals surface area contributed by atoms with Crippen LogP contribution in [-0.4, -0.2) is 34.3 Å². The summed E-state index contributed by atoms with van der Waals surface area (Å²) in [4.78, 5) is 2.10. The van der Waals surface area contributed by atoms with Gasteiger partial charge in [0.15, 0.2) is 5.11 Å². The maximum Gasteiger partial charge on any atom is 0.173 e. The summed E-state index contributed by atoms with van der Waals surface area (Å²) in [7, 11) is 0. The molecule has 0 unspecified atom stereocenters. The molecule has 0 aromatic heterocycles. The molecule has 17 heavy (non-hydrogen) atoms. The fourth-order valence-corrected chi connectivity index (χ4v) is 2.53. The molecule has 1 saturated heterocycles. The molecule has 0 radical (unpaired) electrons. The van der Waals surface area contributed by atoms with E-state index in [2.05, 4.69) is 10.2 Å². The van der Waals surface area contributed by atoms with Gasteiger partial charge in [0.1, 0.15) is 0 Å². The number of aliphatic hydroxyl groups is 1. The van der Waals surface area contributed by atoms with Gasteiger partial charge in [-0.15, -0.1) is 0 Å². The molecule has 1 atom stereocenters. The maximum atomic E-state index is 9.35. The van der Waals surface area contributed by atoms with Crippen molar-refractivity contribution in [2.45, 2.75) is 25.3 Å². The Morgan fingerprint density at radius 2 is 2.12 bits per heavy atom. The summed E-state index contributed by atoms with van der Waals surface area (Å²) in [6.45, 7) is 1.11. The lowest BCUT2D eigenvalue weighted by Gasteiger charge is -2.36. The Labute approximate surface area is 107 Å². The van der Waals surface area contributed by atoms with E-state index < -0.39 is 0 Å². The Morgan fingerprint density at radius 3 is 2.82 bits per heavy atom. The van der Waals surface area contributed by atoms with E-state index in [1.165, 1.54) is 6.42 Å². The van der Waals surface area contributed by atoms with Crippen LogP contribution in [0.2, 0.25) is 0 Å². The minimum Gasteiger partial charge on any atom is -0.394 e. The number of benzene rings is 1. The number of hydrogen-bond acceptors (Lipinski definition) is 2. The predicted octanol–water partition coefficient (Wildman–Crippen LogP) is 2.23. The molecule has 0 bridgehead atoms. The van der Waals surface area contributed by atoms with Gasteiger partial charge in [0, 0.05) is 12.2 Å². The lowest BCUT2D eigenvalue weighted by atomic mass is 10.0. The minimum atomic E-state index is 0.174. The largest absolute Gasteiger partial charge is 0.394 e. The molecule has 0 spiro atoms. The van der Waals surface area contributed by atoms with Gasteiger partial charge in [0.25, 0.3) is 0 Å². The Balaban J connectivity index is 1.99. The maximum absolute atomic E-state index is 9.35. The highest BCUT2D eigenvalue weighted by atomic mass is 32.1. The van der Waals surface area contributed by atoms with Gasteiger partial charge in [-0.25, -0.2) is 0 Å². The first-order valence-corrected chi connectivity index (χ1v) is 6.45. The zero-order chi connectivity index (χ0) is 12.1. The summed E-state index contributed by atoms with van der Waals surface area (Å²) < 4.78 is 0. The Bertz CT molecular complexity index is 369. The molecule has 0 saturated carbocycles. The highest BCUT2D eigenvalue weighted by Gasteiger charge is 2.23. The SMILES string of the molecule is OC[C@H]1CCCCN1C(=S)Nc1ccccc1. The lowest BCUT2D eigenvalue weighted by molar-refractivity contribution is 0.149. The predicted molar refractivity (Wildman–Crippen MR) is 74.1 cm³/mol. The monoisotopic (exact) mass is 250 g/mol. The van der Waals surface area contributed by atoms with Gasteiger partial charge in [-0.05, 0) is 43.6 Å². The van der Waals surface area contributed by atoms with E-state index in [1.54, 1.807) is 0 Å². The topological polar surface area (TPSA) is 35.5 Å². The number of hydrogen-bond donors (Lipinski definition) is 2. The molecule has 3 nitrogen and oxygen atoms in total. The zero-order valence-corrected chi connectivity index (χ0v) is 10.6. The van der Waals surface area contributed by atoms with Crippen LogP contribution in [-0.2, 0) is 0 Å². The van der Waals surface area contributed by atoms with Gasteiger partial charge >= 0.3 is 0 Å². The second kappa shape index (κ2) is 5.98. The van der Waals surface area contributed by atoms with E-state index in [4.69, 9.17) is 12.2 Å². The van der Waals surface area contributed by atoms with E-state index in [1.807, 2.05) is 30.3 Å². The van der Waals surface area contributed by atoms with Crippen molar-refractivity contribution in [3.05, 3.63) is 30.3 Å². The van der Waals surface area contributed by atoms with Crippen LogP contribution in [0.15, 0.2) is 30.3 Å². The number of piperidine rings is 1. The summed E-state index contributed by atoms with van der Waals surface area (Å²) in [6.07, 6.45) is 3.34. The first-order chi connectivity index (χ1) is 8.31. The summed E-state index contributed by atoms with van der Waals surface area (Å²) >= 11 is 5.40. The smallest absolute Gasteiger partial charge is 0.173 e. The number of aliphatic hydroxyl groups excluding tert-OH is 1. The first kappa shape index (κ1) is 12.3. The van der Waals surface area contributed by atoms with E-state index in [0.29, 0.717) is 0 Å². The fraction of sp³-hybridized carbons (Fsp3) is 0.462. The molecule has 2 rings (SSSR count). The van der Waals surface area contributed by atoms with Crippen LogP contribution in [0.4, 0.5) is 5.69 Å². The zero-order valence-electron chi connectivity index (χ0n) is 9.80. The van der Waals surface area contributed by atoms with Gasteiger partial charge in [-0.1, -0.05) is 18.2 Å². The average Bonchev–Trinajstić information content (AvgIpc) is 2.40. The molecule has 1 aromatic carbocycles. The quantitative estimate of drug-likeness (QED) is 0.789. The third-order valence-corrected chi connectivity index (χ3v) is 3.46. The van der Waals surface area contributed by atoms with E-state index in [0.717, 1.165) is 30.2 Å². The summed E-state index contributed by atoms with van der Waals surface area (Å²) in [6, 6.07) is 10.1. The highest BCUT2D eigenvalue weighted by Crippen LogP contribution is 2.18. The number of anilines is 1. The van der Waals surface area contributed by atoms with Crippen molar-refractivity contribution in [3.8, 4) is 0 Å². The number of thiocarbonyl (C=S) groups is 1. The molecular weight excluding hydrogens is 232 g/mol. The number of rotatable bonds is 2. The molecule has 0 aliphatic carbocycles. The number of nitrogens with one attached hydrogen (secondary N) is 1. The number of likely N-dealkylation sites (tertiary alicyclic amines) is 1. The molecule has 1 fully saturated rings. The molecule has 0 amide bonds. The van der Waals surface area contributed by atoms with Crippen LogP contribution in [0, 0.1) is 0 Å². The molecule has 1 aromatic rings. The number of nitrogens with zero attached hydrogens (tertiary/aromatic N) is 1. The van der Waals surface area contributed by atoms with Crippen molar-refractivity contribution in [2.24, 2.45) is 0 Å². The first-order valence-electron chi connectivity index (χ1n) is 6.05. The number of para-hydroxylation sites is 1. The normalized spacial score (nSPS) is 20.1. The third-order valence-electron chi connectivity index (χ3n) is 3.12. The van der Waals surface area contributed by atoms with Crippen molar-refractivity contribution < 1.29 is 5.11 Å². The van der Waals surface area contributed by atoms with Crippen molar-refractivity contribution in [3.63, 3.8) is 0 Å². The van der Waals surface area contributed by atoms with Crippen LogP contribution < -0.4 is 5.32 Å². The van der Waals surface area contributed by atoms with E-state index >= 15 is 0 Å². The van der Waals surface area contributed by atoms with Crippen molar-refractivity contribution >= 4 is 23.0 Å². The Kier molecular flexibility index (Phi) is 4.34. The van der Waals surface area contributed by atoms with E-state index in [9.17, 15) is 5.11 Å². The molecule has 1 aliphatic heterocycles. The Morgan fingerprint density at radius 1 is 1.35 bits per heavy atom. The third kappa shape index (κ3) is 3.17. The van der Waals surface area contributed by atoms with Gasteiger partial charge in [0.05, 0.1) is 12.6 Å². The summed E-state index contributed by atoms with van der Waals surface area (Å²) in [5.74, 6) is 0.